The minimum Gasteiger partial charge on any atom is -1.00 e. The Kier molecular flexibility index (Phi) is 36.0. The normalized spacial score (nSPS) is 10.9. The van der Waals surface area contributed by atoms with E-state index in [0.29, 0.717) is 0 Å². The van der Waals surface area contributed by atoms with Crippen molar-refractivity contribution in [3.05, 3.63) is 0 Å². The van der Waals surface area contributed by atoms with Crippen molar-refractivity contribution in [2.45, 2.75) is 38.9 Å². The van der Waals surface area contributed by atoms with E-state index in [4.69, 9.17) is 10.2 Å². The molecule has 0 aromatic heterocycles. The molecule has 118 valence electrons. The first kappa shape index (κ1) is 37.0. The Morgan fingerprint density at radius 1 is 0.773 bits per heavy atom. The Morgan fingerprint density at radius 2 is 1.00 bits per heavy atom. The molecule has 0 aromatic rings. The molecule has 0 spiro atoms. The zero-order chi connectivity index (χ0) is 14.3. The summed E-state index contributed by atoms with van der Waals surface area (Å²) in [6.45, 7) is 2.23. The van der Waals surface area contributed by atoms with Crippen molar-refractivity contribution in [1.29, 1.82) is 0 Å². The van der Waals surface area contributed by atoms with Crippen molar-refractivity contribution >= 4 is 206 Å². The van der Waals surface area contributed by atoms with Gasteiger partial charge in [-0.3, -0.25) is 9.59 Å². The van der Waals surface area contributed by atoms with Crippen molar-refractivity contribution in [2.75, 3.05) is 0 Å². The van der Waals surface area contributed by atoms with E-state index in [-0.39, 0.29) is 193 Å². The zero-order valence-electron chi connectivity index (χ0n) is 20.7. The van der Waals surface area contributed by atoms with Crippen LogP contribution < -0.4 is 0 Å². The van der Waals surface area contributed by atoms with Crippen LogP contribution in [0.25, 0.3) is 0 Å². The van der Waals surface area contributed by atoms with E-state index in [1.54, 1.807) is 0 Å². The Balaban J connectivity index is -0.0000000219. The molecule has 0 amide bonds. The molecule has 2 unspecified atom stereocenters. The number of aliphatic hydroxyl groups excluding tert-OH is 2. The van der Waals surface area contributed by atoms with Gasteiger partial charge in [-0.2, -0.15) is 0 Å². The average Bonchev–Trinajstić information content (AvgIpc) is 2.25. The smallest absolute Gasteiger partial charge is 1.00 e. The molecule has 0 aromatic carbocycles. The second-order valence-corrected chi connectivity index (χ2v) is 3.44. The fraction of sp³-hybridized carbons (Fsp3) is 0.600. The van der Waals surface area contributed by atoms with Crippen LogP contribution in [0, 0.1) is 0 Å². The SMILES string of the molecule is CC(O)C(=O)OC(=O)CCC(=O)OC(=O)C(C)O.[H-].[H-].[H-].[H-].[H-].[H-].[H-].[H-].[Sr+2].[Sr+2].[Sr+2].[Sr+2]. The predicted molar refractivity (Wildman–Crippen MR) is 86.7 cm³/mol. The summed E-state index contributed by atoms with van der Waals surface area (Å²) < 4.78 is 8.29. The van der Waals surface area contributed by atoms with Crippen molar-refractivity contribution in [3.63, 3.8) is 0 Å². The molecule has 0 rings (SSSR count). The van der Waals surface area contributed by atoms with Gasteiger partial charge in [-0.15, -0.1) is 0 Å². The summed E-state index contributed by atoms with van der Waals surface area (Å²) in [4.78, 5) is 43.5. The molecule has 0 bridgehead atoms. The van der Waals surface area contributed by atoms with Gasteiger partial charge in [0, 0.05) is 0 Å². The third-order valence-corrected chi connectivity index (χ3v) is 1.64. The molecule has 0 aliphatic carbocycles. The van der Waals surface area contributed by atoms with E-state index < -0.39 is 48.9 Å². The van der Waals surface area contributed by atoms with Gasteiger partial charge in [-0.1, -0.05) is 0 Å². The van der Waals surface area contributed by atoms with E-state index >= 15 is 0 Å². The van der Waals surface area contributed by atoms with Crippen LogP contribution in [0.2, 0.25) is 0 Å². The van der Waals surface area contributed by atoms with Crippen LogP contribution in [-0.2, 0) is 28.7 Å². The fourth-order valence-electron chi connectivity index (χ4n) is 0.701. The Morgan fingerprint density at radius 3 is 1.18 bits per heavy atom. The molecular formula is C10H22O8Sr4. The molecule has 22 heavy (non-hydrogen) atoms. The second-order valence-electron chi connectivity index (χ2n) is 3.44. The molecule has 0 saturated heterocycles. The molecular weight excluding hydrogens is 599 g/mol. The Hall–Kier alpha value is 4.12. The first-order chi connectivity index (χ1) is 8.23. The summed E-state index contributed by atoms with van der Waals surface area (Å²) in [5, 5.41) is 17.5. The quantitative estimate of drug-likeness (QED) is 0.206. The van der Waals surface area contributed by atoms with Gasteiger partial charge in [0.25, 0.3) is 0 Å². The standard InChI is InChI=1S/C10H14O8.4Sr.8H/c1-5(11)9(15)17-7(13)3-4-8(14)18-10(16)6(2)12;;;;;;;;;;;;/h5-6,11-12H,3-4H2,1-2H3;;;;;;;;;;;;/q;4*+2;8*-1. The third-order valence-electron chi connectivity index (χ3n) is 1.64. The van der Waals surface area contributed by atoms with E-state index in [9.17, 15) is 19.2 Å². The molecule has 0 aliphatic rings. The second kappa shape index (κ2) is 21.4. The van der Waals surface area contributed by atoms with Crippen LogP contribution in [0.15, 0.2) is 0 Å². The summed E-state index contributed by atoms with van der Waals surface area (Å²) in [5.74, 6) is -4.31. The molecule has 2 atom stereocenters. The van der Waals surface area contributed by atoms with E-state index in [2.05, 4.69) is 9.47 Å². The van der Waals surface area contributed by atoms with Crippen LogP contribution in [0.4, 0.5) is 0 Å². The maximum Gasteiger partial charge on any atom is 2.00 e. The molecule has 8 nitrogen and oxygen atoms in total. The number of aliphatic hydroxyl groups is 2. The monoisotopic (exact) mass is 622 g/mol. The number of rotatable bonds is 5. The van der Waals surface area contributed by atoms with Gasteiger partial charge < -0.3 is 31.1 Å². The van der Waals surface area contributed by atoms with Gasteiger partial charge in [-0.25, -0.2) is 9.59 Å². The van der Waals surface area contributed by atoms with Crippen molar-refractivity contribution in [3.8, 4) is 0 Å². The molecule has 0 aliphatic heterocycles. The largest absolute Gasteiger partial charge is 2.00 e. The number of esters is 4. The van der Waals surface area contributed by atoms with Gasteiger partial charge >= 0.3 is 206 Å². The van der Waals surface area contributed by atoms with E-state index in [1.165, 1.54) is 0 Å². The first-order valence-electron chi connectivity index (χ1n) is 5.09. The van der Waals surface area contributed by atoms with Crippen LogP contribution in [0.1, 0.15) is 38.1 Å². The van der Waals surface area contributed by atoms with Crippen molar-refractivity contribution < 1.29 is 50.3 Å². The van der Waals surface area contributed by atoms with Gasteiger partial charge in [0.2, 0.25) is 0 Å². The van der Waals surface area contributed by atoms with Gasteiger partial charge in [-0.05, 0) is 13.8 Å². The molecule has 12 heteroatoms. The number of hydrogen-bond donors (Lipinski definition) is 2. The Labute approximate surface area is 288 Å². The molecule has 0 fully saturated rings. The molecule has 0 heterocycles. The number of hydrogen-bond acceptors (Lipinski definition) is 8. The fourth-order valence-corrected chi connectivity index (χ4v) is 0.701. The minimum atomic E-state index is -1.45. The summed E-state index contributed by atoms with van der Waals surface area (Å²) in [5.41, 5.74) is 0. The maximum absolute atomic E-state index is 11.0. The van der Waals surface area contributed by atoms with E-state index in [0.717, 1.165) is 13.8 Å². The predicted octanol–water partition coefficient (Wildman–Crippen LogP) is -1.96. The van der Waals surface area contributed by atoms with Crippen LogP contribution in [0.3, 0.4) is 0 Å². The summed E-state index contributed by atoms with van der Waals surface area (Å²) >= 11 is 0. The Bertz CT molecular complexity index is 350. The van der Waals surface area contributed by atoms with Gasteiger partial charge in [0.1, 0.15) is 12.2 Å². The number of carbonyl (C=O) groups is 4. The summed E-state index contributed by atoms with van der Waals surface area (Å²) in [6, 6.07) is 0. The topological polar surface area (TPSA) is 127 Å². The first-order valence-corrected chi connectivity index (χ1v) is 5.09. The average molecular weight is 621 g/mol. The summed E-state index contributed by atoms with van der Waals surface area (Å²) in [6.07, 6.45) is -3.86. The van der Waals surface area contributed by atoms with Crippen LogP contribution >= 0.6 is 0 Å². The number of ether oxygens (including phenoxy) is 2. The molecule has 2 N–H and O–H groups in total. The van der Waals surface area contributed by atoms with Gasteiger partial charge in [0.05, 0.1) is 12.8 Å². The van der Waals surface area contributed by atoms with Crippen LogP contribution in [-0.4, -0.2) is 228 Å². The number of carbonyl (C=O) groups excluding carboxylic acids is 4. The van der Waals surface area contributed by atoms with Crippen LogP contribution in [0.5, 0.6) is 0 Å². The third kappa shape index (κ3) is 20.4. The molecule has 0 saturated carbocycles. The van der Waals surface area contributed by atoms with Crippen molar-refractivity contribution in [2.24, 2.45) is 0 Å². The van der Waals surface area contributed by atoms with Gasteiger partial charge in [0.15, 0.2) is 0 Å². The van der Waals surface area contributed by atoms with Crippen molar-refractivity contribution in [1.82, 2.24) is 0 Å². The maximum atomic E-state index is 11.0. The summed E-state index contributed by atoms with van der Waals surface area (Å²) in [7, 11) is 0. The molecule has 0 radical (unpaired) electrons. The zero-order valence-corrected chi connectivity index (χ0v) is 26.6. The van der Waals surface area contributed by atoms with E-state index in [1.807, 2.05) is 0 Å². The minimum absolute atomic E-state index is 0.